The molecule has 0 unspecified atom stereocenters. The molecule has 20 heavy (non-hydrogen) atoms. The van der Waals surface area contributed by atoms with Crippen molar-refractivity contribution in [2.24, 2.45) is 5.73 Å². The van der Waals surface area contributed by atoms with Gasteiger partial charge in [-0.3, -0.25) is 0 Å². The van der Waals surface area contributed by atoms with Crippen LogP contribution in [0.15, 0.2) is 40.9 Å². The molecule has 104 valence electrons. The van der Waals surface area contributed by atoms with Gasteiger partial charge in [-0.15, -0.1) is 0 Å². The molecule has 0 aromatic heterocycles. The molecule has 0 radical (unpaired) electrons. The summed E-state index contributed by atoms with van der Waals surface area (Å²) in [6.07, 6.45) is 0. The zero-order chi connectivity index (χ0) is 14.7. The van der Waals surface area contributed by atoms with E-state index in [1.165, 1.54) is 6.07 Å². The number of ether oxygens (including phenoxy) is 1. The van der Waals surface area contributed by atoms with Crippen molar-refractivity contribution in [2.75, 3.05) is 12.4 Å². The van der Waals surface area contributed by atoms with Gasteiger partial charge in [-0.2, -0.15) is 0 Å². The first-order valence-electron chi connectivity index (χ1n) is 5.71. The van der Waals surface area contributed by atoms with Crippen molar-refractivity contribution in [1.29, 1.82) is 0 Å². The molecule has 0 bridgehead atoms. The number of hydrogen-bond acceptors (Lipinski definition) is 3. The Balaban J connectivity index is 2.40. The molecule has 3 N–H and O–H groups in total. The molecule has 2 aromatic carbocycles. The average Bonchev–Trinajstić information content (AvgIpc) is 2.42. The van der Waals surface area contributed by atoms with Crippen LogP contribution in [0.4, 0.5) is 15.8 Å². The van der Waals surface area contributed by atoms with Crippen LogP contribution in [-0.4, -0.2) is 12.1 Å². The lowest BCUT2D eigenvalue weighted by Gasteiger charge is -2.13. The molecule has 0 aliphatic rings. The molecule has 0 heterocycles. The van der Waals surface area contributed by atoms with Crippen molar-refractivity contribution in [3.63, 3.8) is 0 Å². The smallest absolute Gasteiger partial charge is 0.137 e. The van der Waals surface area contributed by atoms with E-state index >= 15 is 0 Å². The number of methoxy groups -OCH3 is 1. The third-order valence-electron chi connectivity index (χ3n) is 2.69. The van der Waals surface area contributed by atoms with Crippen LogP contribution in [-0.2, 0) is 0 Å². The van der Waals surface area contributed by atoms with Crippen LogP contribution >= 0.6 is 28.1 Å². The normalized spacial score (nSPS) is 10.2. The largest absolute Gasteiger partial charge is 0.497 e. The Labute approximate surface area is 130 Å². The fourth-order valence-electron chi connectivity index (χ4n) is 1.70. The standard InChI is InChI=1S/C14H12BrFN2OS/c1-19-9-3-4-10(14(17)20)13(7-9)18-8-2-5-12(16)11(15)6-8/h2-7,18H,1H3,(H2,17,20). The van der Waals surface area contributed by atoms with E-state index in [2.05, 4.69) is 21.2 Å². The van der Waals surface area contributed by atoms with Gasteiger partial charge < -0.3 is 15.8 Å². The quantitative estimate of drug-likeness (QED) is 0.815. The number of nitrogens with one attached hydrogen (secondary N) is 1. The highest BCUT2D eigenvalue weighted by Gasteiger charge is 2.08. The number of rotatable bonds is 4. The van der Waals surface area contributed by atoms with E-state index in [0.717, 1.165) is 0 Å². The lowest BCUT2D eigenvalue weighted by atomic mass is 10.1. The van der Waals surface area contributed by atoms with E-state index in [0.29, 0.717) is 27.2 Å². The Morgan fingerprint density at radius 1 is 1.30 bits per heavy atom. The average molecular weight is 355 g/mol. The molecule has 0 saturated carbocycles. The first kappa shape index (κ1) is 14.7. The van der Waals surface area contributed by atoms with Gasteiger partial charge >= 0.3 is 0 Å². The number of benzene rings is 2. The van der Waals surface area contributed by atoms with Crippen molar-refractivity contribution in [1.82, 2.24) is 0 Å². The van der Waals surface area contributed by atoms with Crippen LogP contribution in [0.25, 0.3) is 0 Å². The number of hydrogen-bond donors (Lipinski definition) is 2. The highest BCUT2D eigenvalue weighted by atomic mass is 79.9. The summed E-state index contributed by atoms with van der Waals surface area (Å²) in [6.45, 7) is 0. The summed E-state index contributed by atoms with van der Waals surface area (Å²) in [7, 11) is 1.58. The second-order valence-corrected chi connectivity index (χ2v) is 5.32. The minimum absolute atomic E-state index is 0.274. The number of thiocarbonyl (C=S) groups is 1. The summed E-state index contributed by atoms with van der Waals surface area (Å²) in [5, 5.41) is 3.15. The highest BCUT2D eigenvalue weighted by molar-refractivity contribution is 9.10. The minimum atomic E-state index is -0.323. The number of anilines is 2. The van der Waals surface area contributed by atoms with Crippen molar-refractivity contribution in [2.45, 2.75) is 0 Å². The van der Waals surface area contributed by atoms with E-state index in [4.69, 9.17) is 22.7 Å². The Morgan fingerprint density at radius 3 is 2.65 bits per heavy atom. The predicted molar refractivity (Wildman–Crippen MR) is 86.3 cm³/mol. The van der Waals surface area contributed by atoms with Crippen LogP contribution in [0.3, 0.4) is 0 Å². The summed E-state index contributed by atoms with van der Waals surface area (Å²) in [6, 6.07) is 9.97. The molecule has 0 aliphatic heterocycles. The first-order valence-corrected chi connectivity index (χ1v) is 6.91. The van der Waals surface area contributed by atoms with Crippen LogP contribution in [0.5, 0.6) is 5.75 Å². The van der Waals surface area contributed by atoms with Gasteiger partial charge in [0, 0.05) is 17.3 Å². The van der Waals surface area contributed by atoms with Gasteiger partial charge in [0.1, 0.15) is 16.6 Å². The van der Waals surface area contributed by atoms with Gasteiger partial charge in [-0.05, 0) is 46.3 Å². The summed E-state index contributed by atoms with van der Waals surface area (Å²) >= 11 is 8.16. The van der Waals surface area contributed by atoms with Crippen LogP contribution in [0, 0.1) is 5.82 Å². The molecule has 0 saturated heterocycles. The highest BCUT2D eigenvalue weighted by Crippen LogP contribution is 2.28. The fourth-order valence-corrected chi connectivity index (χ4v) is 2.25. The van der Waals surface area contributed by atoms with Gasteiger partial charge in [0.15, 0.2) is 0 Å². The van der Waals surface area contributed by atoms with Gasteiger partial charge in [-0.25, -0.2) is 4.39 Å². The summed E-state index contributed by atoms with van der Waals surface area (Å²) in [5.41, 5.74) is 7.81. The second-order valence-electron chi connectivity index (χ2n) is 4.03. The van der Waals surface area contributed by atoms with Crippen molar-refractivity contribution in [3.05, 3.63) is 52.3 Å². The van der Waals surface area contributed by atoms with Crippen LogP contribution < -0.4 is 15.8 Å². The van der Waals surface area contributed by atoms with Crippen molar-refractivity contribution >= 4 is 44.5 Å². The Morgan fingerprint density at radius 2 is 2.05 bits per heavy atom. The lowest BCUT2D eigenvalue weighted by molar-refractivity contribution is 0.415. The van der Waals surface area contributed by atoms with Gasteiger partial charge in [-0.1, -0.05) is 12.2 Å². The molecule has 0 aliphatic carbocycles. The van der Waals surface area contributed by atoms with Gasteiger partial charge in [0.05, 0.1) is 17.3 Å². The molecule has 0 spiro atoms. The maximum absolute atomic E-state index is 13.2. The van der Waals surface area contributed by atoms with E-state index in [1.54, 1.807) is 37.4 Å². The summed E-state index contributed by atoms with van der Waals surface area (Å²) in [4.78, 5) is 0.274. The van der Waals surface area contributed by atoms with E-state index < -0.39 is 0 Å². The molecule has 3 nitrogen and oxygen atoms in total. The molecular weight excluding hydrogens is 343 g/mol. The van der Waals surface area contributed by atoms with E-state index in [9.17, 15) is 4.39 Å². The second kappa shape index (κ2) is 6.19. The number of nitrogens with two attached hydrogens (primary N) is 1. The number of halogens is 2. The van der Waals surface area contributed by atoms with Crippen LogP contribution in [0.1, 0.15) is 5.56 Å². The molecule has 0 atom stereocenters. The minimum Gasteiger partial charge on any atom is -0.497 e. The Hall–Kier alpha value is -1.66. The maximum Gasteiger partial charge on any atom is 0.137 e. The lowest BCUT2D eigenvalue weighted by Crippen LogP contribution is -2.12. The van der Waals surface area contributed by atoms with Gasteiger partial charge in [0.25, 0.3) is 0 Å². The van der Waals surface area contributed by atoms with Crippen molar-refractivity contribution in [3.8, 4) is 5.75 Å². The molecular formula is C14H12BrFN2OS. The first-order chi connectivity index (χ1) is 9.51. The Kier molecular flexibility index (Phi) is 4.57. The predicted octanol–water partition coefficient (Wildman–Crippen LogP) is 3.97. The van der Waals surface area contributed by atoms with E-state index in [1.807, 2.05) is 0 Å². The van der Waals surface area contributed by atoms with Crippen LogP contribution in [0.2, 0.25) is 0 Å². The topological polar surface area (TPSA) is 47.3 Å². The van der Waals surface area contributed by atoms with Crippen molar-refractivity contribution < 1.29 is 9.13 Å². The SMILES string of the molecule is COc1ccc(C(N)=S)c(Nc2ccc(F)c(Br)c2)c1. The molecule has 0 fully saturated rings. The molecule has 2 rings (SSSR count). The zero-order valence-electron chi connectivity index (χ0n) is 10.6. The summed E-state index contributed by atoms with van der Waals surface area (Å²) < 4.78 is 18.8. The molecule has 0 amide bonds. The third kappa shape index (κ3) is 3.26. The fraction of sp³-hybridized carbons (Fsp3) is 0.0714. The van der Waals surface area contributed by atoms with E-state index in [-0.39, 0.29) is 10.8 Å². The Bertz CT molecular complexity index is 664. The zero-order valence-corrected chi connectivity index (χ0v) is 13.0. The van der Waals surface area contributed by atoms with Gasteiger partial charge in [0.2, 0.25) is 0 Å². The monoisotopic (exact) mass is 354 g/mol. The maximum atomic E-state index is 13.2. The third-order valence-corrected chi connectivity index (χ3v) is 3.52. The summed E-state index contributed by atoms with van der Waals surface area (Å²) in [5.74, 6) is 0.351. The molecule has 2 aromatic rings. The molecule has 6 heteroatoms.